The van der Waals surface area contributed by atoms with E-state index in [9.17, 15) is 19.8 Å². The van der Waals surface area contributed by atoms with E-state index in [0.717, 1.165) is 0 Å². The topological polar surface area (TPSA) is 121 Å². The molecule has 0 heterocycles. The number of hydrogen-bond donors (Lipinski definition) is 2. The zero-order chi connectivity index (χ0) is 8.31. The van der Waals surface area contributed by atoms with Crippen molar-refractivity contribution in [1.29, 1.82) is 0 Å². The largest absolute Gasteiger partial charge is 1.00 e. The van der Waals surface area contributed by atoms with E-state index in [4.69, 9.17) is 10.2 Å². The number of carboxylic acid groups (broad SMARTS) is 2. The first-order valence-electron chi connectivity index (χ1n) is 2.24. The lowest BCUT2D eigenvalue weighted by Crippen LogP contribution is -2.51. The van der Waals surface area contributed by atoms with Crippen molar-refractivity contribution in [3.05, 3.63) is 0 Å². The monoisotopic (exact) mass is 149 g/mol. The van der Waals surface area contributed by atoms with Gasteiger partial charge in [0.15, 0.2) is 0 Å². The first-order chi connectivity index (χ1) is 4.46. The molecule has 2 atom stereocenters. The highest BCUT2D eigenvalue weighted by Gasteiger charge is 2.17. The summed E-state index contributed by atoms with van der Waals surface area (Å²) in [6.07, 6.45) is -4.88. The Morgan fingerprint density at radius 3 is 1.40 bits per heavy atom. The molecule has 0 aliphatic carbocycles. The van der Waals surface area contributed by atoms with Crippen molar-refractivity contribution in [1.82, 2.24) is 0 Å². The highest BCUT2D eigenvalue weighted by Crippen LogP contribution is 1.88. The van der Waals surface area contributed by atoms with Crippen LogP contribution in [0.3, 0.4) is 0 Å². The molecule has 0 spiro atoms. The highest BCUT2D eigenvalue weighted by molar-refractivity contribution is 5.80. The SMILES string of the molecule is O=C([O-])[C@@H](O)[C@@H](O)C(=O)[O-].[H+]. The van der Waals surface area contributed by atoms with Crippen molar-refractivity contribution in [3.63, 3.8) is 0 Å². The molecule has 58 valence electrons. The average molecular weight is 149 g/mol. The fraction of sp³-hybridized carbons (Fsp3) is 0.500. The van der Waals surface area contributed by atoms with Crippen LogP contribution in [0.2, 0.25) is 0 Å². The molecule has 0 aliphatic heterocycles. The summed E-state index contributed by atoms with van der Waals surface area (Å²) in [4.78, 5) is 19.3. The number of hydrogen-bond acceptors (Lipinski definition) is 6. The highest BCUT2D eigenvalue weighted by atomic mass is 16.4. The second-order valence-corrected chi connectivity index (χ2v) is 1.53. The lowest BCUT2D eigenvalue weighted by atomic mass is 10.2. The van der Waals surface area contributed by atoms with Crippen LogP contribution in [0.25, 0.3) is 0 Å². The van der Waals surface area contributed by atoms with Crippen molar-refractivity contribution >= 4 is 11.9 Å². The summed E-state index contributed by atoms with van der Waals surface area (Å²) in [6.45, 7) is 0. The van der Waals surface area contributed by atoms with Gasteiger partial charge in [0.1, 0.15) is 12.2 Å². The normalized spacial score (nSPS) is 15.8. The van der Waals surface area contributed by atoms with Crippen LogP contribution in [0.1, 0.15) is 1.43 Å². The minimum absolute atomic E-state index is 0. The number of aliphatic hydroxyl groups excluding tert-OH is 2. The fourth-order valence-electron chi connectivity index (χ4n) is 0.258. The molecule has 0 saturated carbocycles. The van der Waals surface area contributed by atoms with Gasteiger partial charge < -0.3 is 30.0 Å². The van der Waals surface area contributed by atoms with Crippen molar-refractivity contribution in [3.8, 4) is 0 Å². The van der Waals surface area contributed by atoms with Crippen molar-refractivity contribution in [2.45, 2.75) is 12.2 Å². The molecule has 0 amide bonds. The molecular formula is C4H5O6-. The number of rotatable bonds is 3. The molecule has 0 unspecified atom stereocenters. The van der Waals surface area contributed by atoms with Gasteiger partial charge in [-0.3, -0.25) is 0 Å². The van der Waals surface area contributed by atoms with Crippen LogP contribution < -0.4 is 10.2 Å². The van der Waals surface area contributed by atoms with Gasteiger partial charge >= 0.3 is 1.43 Å². The standard InChI is InChI=1S/C4H6O6/c5-1(3(7)8)2(6)4(9)10/h1-2,5-6H,(H,7,8)(H,9,10)/p-1/t1-,2+. The van der Waals surface area contributed by atoms with E-state index >= 15 is 0 Å². The van der Waals surface area contributed by atoms with Crippen LogP contribution in [0.5, 0.6) is 0 Å². The van der Waals surface area contributed by atoms with Gasteiger partial charge in [0.05, 0.1) is 11.9 Å². The van der Waals surface area contributed by atoms with Crippen LogP contribution in [0.4, 0.5) is 0 Å². The Hall–Kier alpha value is -1.14. The molecule has 10 heavy (non-hydrogen) atoms. The van der Waals surface area contributed by atoms with E-state index in [-0.39, 0.29) is 1.43 Å². The molecule has 0 bridgehead atoms. The van der Waals surface area contributed by atoms with E-state index in [1.165, 1.54) is 0 Å². The Kier molecular flexibility index (Phi) is 2.78. The molecule has 0 aromatic heterocycles. The fourth-order valence-corrected chi connectivity index (χ4v) is 0.258. The van der Waals surface area contributed by atoms with Gasteiger partial charge in [0, 0.05) is 0 Å². The summed E-state index contributed by atoms with van der Waals surface area (Å²) in [5, 5.41) is 35.7. The number of aliphatic hydroxyl groups is 2. The molecule has 0 aromatic carbocycles. The summed E-state index contributed by atoms with van der Waals surface area (Å²) >= 11 is 0. The number of aliphatic carboxylic acids is 2. The number of carboxylic acids is 2. The smallest absolute Gasteiger partial charge is 0.547 e. The third-order valence-corrected chi connectivity index (χ3v) is 0.782. The quantitative estimate of drug-likeness (QED) is 0.416. The molecule has 6 nitrogen and oxygen atoms in total. The van der Waals surface area contributed by atoms with E-state index in [1.54, 1.807) is 0 Å². The van der Waals surface area contributed by atoms with Gasteiger partial charge in [0.25, 0.3) is 0 Å². The molecule has 6 heteroatoms. The molecular weight excluding hydrogens is 144 g/mol. The number of carbonyl (C=O) groups is 2. The lowest BCUT2D eigenvalue weighted by Gasteiger charge is -2.18. The Labute approximate surface area is 56.8 Å². The van der Waals surface area contributed by atoms with Gasteiger partial charge in [-0.1, -0.05) is 0 Å². The third-order valence-electron chi connectivity index (χ3n) is 0.782. The minimum Gasteiger partial charge on any atom is -0.547 e. The van der Waals surface area contributed by atoms with E-state index in [1.807, 2.05) is 0 Å². The van der Waals surface area contributed by atoms with Gasteiger partial charge in [-0.15, -0.1) is 0 Å². The zero-order valence-corrected chi connectivity index (χ0v) is 4.68. The minimum atomic E-state index is -2.44. The maximum atomic E-state index is 9.63. The van der Waals surface area contributed by atoms with Crippen LogP contribution in [0.15, 0.2) is 0 Å². The second-order valence-electron chi connectivity index (χ2n) is 1.53. The van der Waals surface area contributed by atoms with Crippen LogP contribution in [-0.2, 0) is 9.59 Å². The van der Waals surface area contributed by atoms with Gasteiger partial charge in [-0.05, 0) is 0 Å². The van der Waals surface area contributed by atoms with Crippen molar-refractivity contribution in [2.75, 3.05) is 0 Å². The molecule has 0 rings (SSSR count). The summed E-state index contributed by atoms with van der Waals surface area (Å²) < 4.78 is 0. The summed E-state index contributed by atoms with van der Waals surface area (Å²) in [5.74, 6) is -4.12. The Bertz CT molecular complexity index is 139. The molecule has 0 aromatic rings. The summed E-state index contributed by atoms with van der Waals surface area (Å²) in [6, 6.07) is 0. The predicted molar refractivity (Wildman–Crippen MR) is 23.1 cm³/mol. The first kappa shape index (κ1) is 8.86. The van der Waals surface area contributed by atoms with E-state index in [2.05, 4.69) is 0 Å². The van der Waals surface area contributed by atoms with Crippen molar-refractivity contribution < 1.29 is 31.4 Å². The molecule has 0 aliphatic rings. The third kappa shape index (κ3) is 2.00. The Morgan fingerprint density at radius 1 is 1.10 bits per heavy atom. The van der Waals surface area contributed by atoms with E-state index < -0.39 is 24.1 Å². The summed E-state index contributed by atoms with van der Waals surface area (Å²) in [5.41, 5.74) is 0. The molecule has 0 radical (unpaired) electrons. The Morgan fingerprint density at radius 2 is 1.30 bits per heavy atom. The second kappa shape index (κ2) is 3.14. The lowest BCUT2D eigenvalue weighted by molar-refractivity contribution is -0.333. The van der Waals surface area contributed by atoms with Gasteiger partial charge in [-0.25, -0.2) is 0 Å². The maximum Gasteiger partial charge on any atom is 1.00 e. The van der Waals surface area contributed by atoms with E-state index in [0.29, 0.717) is 0 Å². The Balaban J connectivity index is 0. The molecule has 0 saturated heterocycles. The average Bonchev–Trinajstić information content (AvgIpc) is 1.84. The van der Waals surface area contributed by atoms with Crippen LogP contribution in [-0.4, -0.2) is 34.4 Å². The van der Waals surface area contributed by atoms with Gasteiger partial charge in [0.2, 0.25) is 0 Å². The molecule has 0 fully saturated rings. The summed E-state index contributed by atoms with van der Waals surface area (Å²) in [7, 11) is 0. The van der Waals surface area contributed by atoms with Crippen LogP contribution >= 0.6 is 0 Å². The van der Waals surface area contributed by atoms with Crippen molar-refractivity contribution in [2.24, 2.45) is 0 Å². The maximum absolute atomic E-state index is 9.63. The number of carbonyl (C=O) groups excluding carboxylic acids is 2. The zero-order valence-electron chi connectivity index (χ0n) is 5.68. The van der Waals surface area contributed by atoms with Crippen LogP contribution in [0, 0.1) is 0 Å². The predicted octanol–water partition coefficient (Wildman–Crippen LogP) is -4.68. The van der Waals surface area contributed by atoms with Gasteiger partial charge in [-0.2, -0.15) is 0 Å². The first-order valence-corrected chi connectivity index (χ1v) is 2.24. The molecule has 2 N–H and O–H groups in total.